The molecule has 1 aromatic rings. The Labute approximate surface area is 235 Å². The molecular weight excluding hydrogens is 520 g/mol. The summed E-state index contributed by atoms with van der Waals surface area (Å²) in [7, 11) is 0. The SMILES string of the molecule is C=CCCOC(=O)[C@@H]1[C@H]2C(=O)N(CCCCO)C(C(=O)N(CC=C)c3c(C)cccc3Cl)C23CC(C)[C@@]1(C)O3. The van der Waals surface area contributed by atoms with Gasteiger partial charge in [-0.3, -0.25) is 14.4 Å². The summed E-state index contributed by atoms with van der Waals surface area (Å²) in [5, 5.41) is 9.82. The number of carbonyl (C=O) groups is 3. The zero-order valence-electron chi connectivity index (χ0n) is 23.0. The normalized spacial score (nSPS) is 30.8. The van der Waals surface area contributed by atoms with Gasteiger partial charge < -0.3 is 24.4 Å². The topological polar surface area (TPSA) is 96.4 Å². The molecule has 3 aliphatic rings. The first kappa shape index (κ1) is 29.3. The third kappa shape index (κ3) is 4.70. The number of para-hydroxylation sites is 1. The fraction of sp³-hybridized carbons (Fsp3) is 0.567. The molecule has 0 aliphatic carbocycles. The zero-order valence-corrected chi connectivity index (χ0v) is 23.8. The summed E-state index contributed by atoms with van der Waals surface area (Å²) in [5.41, 5.74) is -0.786. The van der Waals surface area contributed by atoms with Crippen LogP contribution >= 0.6 is 11.6 Å². The molecule has 0 aromatic heterocycles. The molecule has 2 bridgehead atoms. The largest absolute Gasteiger partial charge is 0.465 e. The van der Waals surface area contributed by atoms with E-state index >= 15 is 0 Å². The van der Waals surface area contributed by atoms with E-state index in [-0.39, 0.29) is 44.0 Å². The number of hydrogen-bond acceptors (Lipinski definition) is 6. The van der Waals surface area contributed by atoms with Crippen molar-refractivity contribution in [3.63, 3.8) is 0 Å². The number of aryl methyl sites for hydroxylation is 1. The summed E-state index contributed by atoms with van der Waals surface area (Å²) in [6.07, 6.45) is 5.22. The lowest BCUT2D eigenvalue weighted by atomic mass is 9.62. The number of aliphatic hydroxyl groups is 1. The molecule has 6 atom stereocenters. The molecule has 1 spiro atoms. The number of rotatable bonds is 12. The van der Waals surface area contributed by atoms with Gasteiger partial charge in [0.05, 0.1) is 28.8 Å². The molecule has 1 N–H and O–H groups in total. The Balaban J connectivity index is 1.81. The molecular formula is C30H39ClN2O6. The highest BCUT2D eigenvalue weighted by atomic mass is 35.5. The second-order valence-electron chi connectivity index (χ2n) is 11.1. The van der Waals surface area contributed by atoms with Crippen LogP contribution < -0.4 is 4.90 Å². The van der Waals surface area contributed by atoms with E-state index in [1.165, 1.54) is 0 Å². The van der Waals surface area contributed by atoms with Gasteiger partial charge in [-0.25, -0.2) is 0 Å². The number of fused-ring (bicyclic) bond motifs is 1. The van der Waals surface area contributed by atoms with E-state index in [9.17, 15) is 19.5 Å². The van der Waals surface area contributed by atoms with Gasteiger partial charge in [0.25, 0.3) is 5.91 Å². The smallest absolute Gasteiger partial charge is 0.312 e. The molecule has 1 aromatic carbocycles. The first-order chi connectivity index (χ1) is 18.6. The van der Waals surface area contributed by atoms with E-state index in [1.807, 2.05) is 32.9 Å². The van der Waals surface area contributed by atoms with Gasteiger partial charge in [-0.2, -0.15) is 0 Å². The molecule has 0 radical (unpaired) electrons. The molecule has 3 unspecified atom stereocenters. The molecule has 8 nitrogen and oxygen atoms in total. The van der Waals surface area contributed by atoms with E-state index in [0.29, 0.717) is 36.4 Å². The molecule has 3 heterocycles. The lowest BCUT2D eigenvalue weighted by Gasteiger charge is -2.37. The highest BCUT2D eigenvalue weighted by molar-refractivity contribution is 6.34. The molecule has 3 fully saturated rings. The van der Waals surface area contributed by atoms with Crippen molar-refractivity contribution >= 4 is 35.1 Å². The Bertz CT molecular complexity index is 1140. The number of ether oxygens (including phenoxy) is 2. The average molecular weight is 559 g/mol. The predicted octanol–water partition coefficient (Wildman–Crippen LogP) is 4.07. The van der Waals surface area contributed by atoms with Crippen LogP contribution in [0.25, 0.3) is 0 Å². The Morgan fingerprint density at radius 2 is 2.05 bits per heavy atom. The Kier molecular flexibility index (Phi) is 8.59. The van der Waals surface area contributed by atoms with Crippen molar-refractivity contribution in [3.05, 3.63) is 54.1 Å². The van der Waals surface area contributed by atoms with Crippen LogP contribution in [0.3, 0.4) is 0 Å². The fourth-order valence-corrected chi connectivity index (χ4v) is 7.20. The maximum absolute atomic E-state index is 14.6. The van der Waals surface area contributed by atoms with Crippen molar-refractivity contribution in [1.29, 1.82) is 0 Å². The molecule has 212 valence electrons. The second-order valence-corrected chi connectivity index (χ2v) is 11.5. The van der Waals surface area contributed by atoms with Crippen molar-refractivity contribution in [3.8, 4) is 0 Å². The Morgan fingerprint density at radius 1 is 1.31 bits per heavy atom. The van der Waals surface area contributed by atoms with Crippen LogP contribution in [-0.2, 0) is 23.9 Å². The Morgan fingerprint density at radius 3 is 2.69 bits per heavy atom. The highest BCUT2D eigenvalue weighted by Gasteiger charge is 2.80. The van der Waals surface area contributed by atoms with Crippen LogP contribution in [0.2, 0.25) is 5.02 Å². The standard InChI is InChI=1S/C30H39ClN2O6/c1-6-8-17-38-28(37)23-22-26(35)33(15-9-10-16-34)25(30(22)18-20(4)29(23,5)39-30)27(36)32(14-7-2)24-19(3)12-11-13-21(24)31/h6-7,11-13,20,22-23,25,34H,1-2,8-10,14-18H2,3-5H3/t20?,22-,23-,25?,29+,30?/m0/s1. The van der Waals surface area contributed by atoms with Gasteiger partial charge >= 0.3 is 5.97 Å². The van der Waals surface area contributed by atoms with E-state index in [4.69, 9.17) is 21.1 Å². The van der Waals surface area contributed by atoms with Gasteiger partial charge in [-0.05, 0) is 57.1 Å². The zero-order chi connectivity index (χ0) is 28.5. The van der Waals surface area contributed by atoms with Crippen LogP contribution in [0.15, 0.2) is 43.5 Å². The first-order valence-corrected chi connectivity index (χ1v) is 14.0. The third-order valence-electron chi connectivity index (χ3n) is 8.71. The van der Waals surface area contributed by atoms with Gasteiger partial charge in [0.1, 0.15) is 17.6 Å². The number of hydrogen-bond donors (Lipinski definition) is 1. The number of benzene rings is 1. The predicted molar refractivity (Wildman–Crippen MR) is 149 cm³/mol. The lowest BCUT2D eigenvalue weighted by molar-refractivity contribution is -0.161. The average Bonchev–Trinajstić information content (AvgIpc) is 3.40. The van der Waals surface area contributed by atoms with Crippen LogP contribution in [0.4, 0.5) is 5.69 Å². The van der Waals surface area contributed by atoms with Crippen LogP contribution in [-0.4, -0.2) is 71.3 Å². The van der Waals surface area contributed by atoms with Gasteiger partial charge in [-0.1, -0.05) is 42.8 Å². The number of nitrogens with zero attached hydrogens (tertiary/aromatic N) is 2. The molecule has 3 aliphatic heterocycles. The summed E-state index contributed by atoms with van der Waals surface area (Å²) in [5.74, 6) is -2.90. The fourth-order valence-electron chi connectivity index (χ4n) is 6.88. The minimum absolute atomic E-state index is 0.0273. The third-order valence-corrected chi connectivity index (χ3v) is 9.02. The minimum Gasteiger partial charge on any atom is -0.465 e. The van der Waals surface area contributed by atoms with Crippen molar-refractivity contribution in [2.75, 3.05) is 31.2 Å². The van der Waals surface area contributed by atoms with E-state index in [0.717, 1.165) is 5.56 Å². The van der Waals surface area contributed by atoms with Gasteiger partial charge in [0.2, 0.25) is 5.91 Å². The number of carbonyl (C=O) groups excluding carboxylic acids is 3. The number of halogens is 1. The van der Waals surface area contributed by atoms with Gasteiger partial charge in [0.15, 0.2) is 0 Å². The Hall–Kier alpha value is -2.68. The summed E-state index contributed by atoms with van der Waals surface area (Å²) in [6.45, 7) is 13.8. The van der Waals surface area contributed by atoms with E-state index < -0.39 is 35.0 Å². The number of unbranched alkanes of at least 4 members (excludes halogenated alkanes) is 1. The summed E-state index contributed by atoms with van der Waals surface area (Å²) < 4.78 is 12.3. The summed E-state index contributed by atoms with van der Waals surface area (Å²) >= 11 is 6.60. The number of amides is 2. The first-order valence-electron chi connectivity index (χ1n) is 13.7. The summed E-state index contributed by atoms with van der Waals surface area (Å²) in [4.78, 5) is 45.4. The maximum Gasteiger partial charge on any atom is 0.312 e. The number of anilines is 1. The maximum atomic E-state index is 14.6. The minimum atomic E-state index is -1.20. The lowest BCUT2D eigenvalue weighted by Crippen LogP contribution is -2.57. The number of aliphatic hydroxyl groups excluding tert-OH is 1. The van der Waals surface area contributed by atoms with Crippen molar-refractivity contribution in [1.82, 2.24) is 4.90 Å². The number of esters is 1. The van der Waals surface area contributed by atoms with E-state index in [1.54, 1.807) is 28.0 Å². The van der Waals surface area contributed by atoms with E-state index in [2.05, 4.69) is 13.2 Å². The van der Waals surface area contributed by atoms with Gasteiger partial charge in [0, 0.05) is 19.7 Å². The molecule has 39 heavy (non-hydrogen) atoms. The second kappa shape index (κ2) is 11.4. The molecule has 4 rings (SSSR count). The summed E-state index contributed by atoms with van der Waals surface area (Å²) in [6, 6.07) is 4.45. The molecule has 0 saturated carbocycles. The molecule has 9 heteroatoms. The molecule has 3 saturated heterocycles. The van der Waals surface area contributed by atoms with Crippen molar-refractivity contribution in [2.45, 2.75) is 63.7 Å². The quantitative estimate of drug-likeness (QED) is 0.236. The monoisotopic (exact) mass is 558 g/mol. The van der Waals surface area contributed by atoms with Crippen LogP contribution in [0.5, 0.6) is 0 Å². The van der Waals surface area contributed by atoms with Crippen LogP contribution in [0, 0.1) is 24.7 Å². The highest BCUT2D eigenvalue weighted by Crippen LogP contribution is 2.65. The van der Waals surface area contributed by atoms with Crippen molar-refractivity contribution < 1.29 is 29.0 Å². The van der Waals surface area contributed by atoms with Crippen molar-refractivity contribution in [2.24, 2.45) is 17.8 Å². The van der Waals surface area contributed by atoms with Crippen LogP contribution in [0.1, 0.15) is 45.1 Å². The number of likely N-dealkylation sites (tertiary alicyclic amines) is 1. The molecule has 2 amide bonds. The van der Waals surface area contributed by atoms with Gasteiger partial charge in [-0.15, -0.1) is 13.2 Å².